The molecule has 0 radical (unpaired) electrons. The van der Waals surface area contributed by atoms with E-state index in [1.54, 1.807) is 13.0 Å². The Morgan fingerprint density at radius 2 is 2.31 bits per heavy atom. The van der Waals surface area contributed by atoms with Gasteiger partial charge in [-0.15, -0.1) is 12.3 Å². The third-order valence-corrected chi connectivity index (χ3v) is 2.33. The maximum Gasteiger partial charge on any atom is 0.274 e. The molecule has 16 heavy (non-hydrogen) atoms. The van der Waals surface area contributed by atoms with Crippen LogP contribution in [0.3, 0.4) is 0 Å². The monoisotopic (exact) mass is 218 g/mol. The zero-order chi connectivity index (χ0) is 12.1. The van der Waals surface area contributed by atoms with Gasteiger partial charge in [-0.2, -0.15) is 0 Å². The molecule has 1 rings (SSSR count). The molecule has 0 fully saturated rings. The van der Waals surface area contributed by atoms with E-state index in [2.05, 4.69) is 11.2 Å². The van der Waals surface area contributed by atoms with E-state index in [9.17, 15) is 10.1 Å². The molecule has 84 valence electrons. The van der Waals surface area contributed by atoms with Crippen LogP contribution in [-0.4, -0.2) is 11.0 Å². The molecule has 0 amide bonds. The summed E-state index contributed by atoms with van der Waals surface area (Å²) in [4.78, 5) is 10.3. The molecule has 4 heteroatoms. The molecule has 1 atom stereocenters. The molecule has 1 unspecified atom stereocenters. The summed E-state index contributed by atoms with van der Waals surface area (Å²) in [6, 6.07) is 5.07. The van der Waals surface area contributed by atoms with E-state index in [1.807, 2.05) is 13.0 Å². The van der Waals surface area contributed by atoms with Crippen LogP contribution in [0, 0.1) is 29.4 Å². The lowest BCUT2D eigenvalue weighted by atomic mass is 10.1. The normalized spacial score (nSPS) is 11.6. The van der Waals surface area contributed by atoms with Crippen LogP contribution in [0.5, 0.6) is 0 Å². The van der Waals surface area contributed by atoms with E-state index < -0.39 is 0 Å². The van der Waals surface area contributed by atoms with Gasteiger partial charge in [-0.05, 0) is 19.9 Å². The van der Waals surface area contributed by atoms with E-state index >= 15 is 0 Å². The Bertz CT molecular complexity index is 435. The Balaban J connectivity index is 2.94. The number of anilines is 1. The summed E-state index contributed by atoms with van der Waals surface area (Å²) in [5, 5.41) is 13.9. The smallest absolute Gasteiger partial charge is 0.274 e. The molecule has 0 aliphatic carbocycles. The van der Waals surface area contributed by atoms with Crippen molar-refractivity contribution in [2.24, 2.45) is 0 Å². The fraction of sp³-hybridized carbons (Fsp3) is 0.333. The van der Waals surface area contributed by atoms with Crippen LogP contribution in [0.4, 0.5) is 11.4 Å². The predicted octanol–water partition coefficient (Wildman–Crippen LogP) is 2.73. The molecule has 0 bridgehead atoms. The molecule has 0 saturated carbocycles. The van der Waals surface area contributed by atoms with Gasteiger partial charge in [0.2, 0.25) is 0 Å². The first-order chi connectivity index (χ1) is 7.56. The van der Waals surface area contributed by atoms with E-state index in [0.29, 0.717) is 12.0 Å². The van der Waals surface area contributed by atoms with Gasteiger partial charge in [-0.25, -0.2) is 0 Å². The van der Waals surface area contributed by atoms with Crippen molar-refractivity contribution < 1.29 is 4.92 Å². The Morgan fingerprint density at radius 1 is 1.62 bits per heavy atom. The first-order valence-corrected chi connectivity index (χ1v) is 5.00. The second-order valence-corrected chi connectivity index (χ2v) is 3.66. The van der Waals surface area contributed by atoms with Crippen molar-refractivity contribution in [3.63, 3.8) is 0 Å². The maximum absolute atomic E-state index is 10.7. The Morgan fingerprint density at radius 3 is 2.88 bits per heavy atom. The highest BCUT2D eigenvalue weighted by atomic mass is 16.6. The second-order valence-electron chi connectivity index (χ2n) is 3.66. The Kier molecular flexibility index (Phi) is 3.90. The van der Waals surface area contributed by atoms with Gasteiger partial charge >= 0.3 is 0 Å². The zero-order valence-corrected chi connectivity index (χ0v) is 9.36. The molecule has 1 N–H and O–H groups in total. The summed E-state index contributed by atoms with van der Waals surface area (Å²) >= 11 is 0. The van der Waals surface area contributed by atoms with Crippen molar-refractivity contribution in [2.45, 2.75) is 26.3 Å². The fourth-order valence-corrected chi connectivity index (χ4v) is 1.47. The average molecular weight is 218 g/mol. The minimum absolute atomic E-state index is 0.103. The van der Waals surface area contributed by atoms with Crippen LogP contribution in [0.15, 0.2) is 18.2 Å². The number of rotatable bonds is 4. The molecule has 0 aliphatic heterocycles. The zero-order valence-electron chi connectivity index (χ0n) is 9.36. The number of benzene rings is 1. The lowest BCUT2D eigenvalue weighted by molar-refractivity contribution is -0.385. The van der Waals surface area contributed by atoms with Gasteiger partial charge in [0.1, 0.15) is 0 Å². The molecule has 4 nitrogen and oxygen atoms in total. The average Bonchev–Trinajstić information content (AvgIpc) is 2.21. The van der Waals surface area contributed by atoms with Crippen molar-refractivity contribution in [2.75, 3.05) is 5.32 Å². The Hall–Kier alpha value is -2.02. The van der Waals surface area contributed by atoms with Gasteiger partial charge in [0.05, 0.1) is 4.92 Å². The van der Waals surface area contributed by atoms with E-state index in [0.717, 1.165) is 5.69 Å². The van der Waals surface area contributed by atoms with Gasteiger partial charge in [0.25, 0.3) is 5.69 Å². The molecule has 0 spiro atoms. The minimum atomic E-state index is -0.383. The van der Waals surface area contributed by atoms with Crippen molar-refractivity contribution in [3.8, 4) is 12.3 Å². The summed E-state index contributed by atoms with van der Waals surface area (Å²) in [5.41, 5.74) is 1.52. The summed E-state index contributed by atoms with van der Waals surface area (Å²) in [6.45, 7) is 3.67. The third-order valence-electron chi connectivity index (χ3n) is 2.33. The first kappa shape index (κ1) is 12.1. The van der Waals surface area contributed by atoms with Gasteiger partial charge in [0, 0.05) is 29.8 Å². The maximum atomic E-state index is 10.7. The number of hydrogen-bond acceptors (Lipinski definition) is 3. The van der Waals surface area contributed by atoms with Crippen molar-refractivity contribution in [1.29, 1.82) is 0 Å². The molecule has 0 aromatic heterocycles. The largest absolute Gasteiger partial charge is 0.381 e. The fourth-order valence-electron chi connectivity index (χ4n) is 1.47. The number of nitrogens with zero attached hydrogens (tertiary/aromatic N) is 1. The molecule has 1 aromatic carbocycles. The van der Waals surface area contributed by atoms with Crippen LogP contribution >= 0.6 is 0 Å². The van der Waals surface area contributed by atoms with E-state index in [-0.39, 0.29) is 16.7 Å². The van der Waals surface area contributed by atoms with Crippen molar-refractivity contribution in [3.05, 3.63) is 33.9 Å². The van der Waals surface area contributed by atoms with Crippen LogP contribution in [0.1, 0.15) is 18.9 Å². The second kappa shape index (κ2) is 5.17. The highest BCUT2D eigenvalue weighted by Gasteiger charge is 2.13. The lowest BCUT2D eigenvalue weighted by Crippen LogP contribution is -2.15. The van der Waals surface area contributed by atoms with Crippen LogP contribution in [-0.2, 0) is 0 Å². The third kappa shape index (κ3) is 2.74. The highest BCUT2D eigenvalue weighted by molar-refractivity contribution is 5.60. The van der Waals surface area contributed by atoms with E-state index in [1.165, 1.54) is 6.07 Å². The number of nitro groups is 1. The van der Waals surface area contributed by atoms with Crippen molar-refractivity contribution >= 4 is 11.4 Å². The first-order valence-electron chi connectivity index (χ1n) is 5.00. The van der Waals surface area contributed by atoms with Crippen LogP contribution in [0.25, 0.3) is 0 Å². The minimum Gasteiger partial charge on any atom is -0.381 e. The standard InChI is InChI=1S/C12H14N2O2/c1-4-6-9(2)13-11-7-5-8-12(10(11)3)14(15)16/h1,5,7-9,13H,6H2,2-3H3. The molecule has 0 aliphatic rings. The summed E-state index contributed by atoms with van der Waals surface area (Å²) in [6.07, 6.45) is 5.79. The van der Waals surface area contributed by atoms with Gasteiger partial charge in [-0.3, -0.25) is 10.1 Å². The molecular formula is C12H14N2O2. The number of terminal acetylenes is 1. The highest BCUT2D eigenvalue weighted by Crippen LogP contribution is 2.25. The summed E-state index contributed by atoms with van der Waals surface area (Å²) < 4.78 is 0. The molecular weight excluding hydrogens is 204 g/mol. The molecule has 0 heterocycles. The lowest BCUT2D eigenvalue weighted by Gasteiger charge is -2.14. The van der Waals surface area contributed by atoms with E-state index in [4.69, 9.17) is 6.42 Å². The molecule has 0 saturated heterocycles. The quantitative estimate of drug-likeness (QED) is 0.480. The van der Waals surface area contributed by atoms with Gasteiger partial charge in [0.15, 0.2) is 0 Å². The van der Waals surface area contributed by atoms with Crippen LogP contribution in [0.2, 0.25) is 0 Å². The van der Waals surface area contributed by atoms with Crippen LogP contribution < -0.4 is 5.32 Å². The number of nitro benzene ring substituents is 1. The predicted molar refractivity (Wildman–Crippen MR) is 64.4 cm³/mol. The summed E-state index contributed by atoms with van der Waals surface area (Å²) in [5.74, 6) is 2.55. The van der Waals surface area contributed by atoms with Gasteiger partial charge < -0.3 is 5.32 Å². The molecule has 1 aromatic rings. The van der Waals surface area contributed by atoms with Crippen molar-refractivity contribution in [1.82, 2.24) is 0 Å². The summed E-state index contributed by atoms with van der Waals surface area (Å²) in [7, 11) is 0. The topological polar surface area (TPSA) is 55.2 Å². The number of nitrogens with one attached hydrogen (secondary N) is 1. The van der Waals surface area contributed by atoms with Gasteiger partial charge in [-0.1, -0.05) is 6.07 Å². The SMILES string of the molecule is C#CCC(C)Nc1cccc([N+](=O)[O-])c1C. The number of hydrogen-bond donors (Lipinski definition) is 1. The Labute approximate surface area is 94.8 Å².